The summed E-state index contributed by atoms with van der Waals surface area (Å²) in [6.45, 7) is 4.59. The monoisotopic (exact) mass is 392 g/mol. The lowest BCUT2D eigenvalue weighted by atomic mass is 10.2. The van der Waals surface area contributed by atoms with Crippen molar-refractivity contribution in [1.82, 2.24) is 9.97 Å². The number of esters is 1. The van der Waals surface area contributed by atoms with Gasteiger partial charge in [0.1, 0.15) is 11.6 Å². The molecule has 150 valence electrons. The van der Waals surface area contributed by atoms with Crippen molar-refractivity contribution in [3.8, 4) is 5.75 Å². The molecule has 0 amide bonds. The molecule has 7 nitrogen and oxygen atoms in total. The smallest absolute Gasteiger partial charge is 0.340 e. The SMILES string of the molecule is CCOC(=O)c1ccccc1Nc1nc(C)cc(NCc2ccc(OC)cc2)n1. The molecule has 1 aromatic heterocycles. The van der Waals surface area contributed by atoms with Crippen LogP contribution in [0.5, 0.6) is 5.75 Å². The van der Waals surface area contributed by atoms with Crippen LogP contribution >= 0.6 is 0 Å². The fourth-order valence-electron chi connectivity index (χ4n) is 2.75. The number of hydrogen-bond acceptors (Lipinski definition) is 7. The molecule has 29 heavy (non-hydrogen) atoms. The van der Waals surface area contributed by atoms with Crippen LogP contribution in [0.4, 0.5) is 17.5 Å². The zero-order valence-corrected chi connectivity index (χ0v) is 16.7. The third kappa shape index (κ3) is 5.44. The summed E-state index contributed by atoms with van der Waals surface area (Å²) in [7, 11) is 1.64. The Labute approximate surface area is 170 Å². The maximum Gasteiger partial charge on any atom is 0.340 e. The third-order valence-electron chi connectivity index (χ3n) is 4.16. The van der Waals surface area contributed by atoms with Crippen LogP contribution in [0.1, 0.15) is 28.5 Å². The van der Waals surface area contributed by atoms with Gasteiger partial charge in [-0.25, -0.2) is 9.78 Å². The number of aromatic nitrogens is 2. The normalized spacial score (nSPS) is 10.3. The van der Waals surface area contributed by atoms with Crippen molar-refractivity contribution in [2.24, 2.45) is 0 Å². The number of rotatable bonds is 8. The van der Waals surface area contributed by atoms with Gasteiger partial charge in [-0.1, -0.05) is 24.3 Å². The minimum Gasteiger partial charge on any atom is -0.497 e. The predicted molar refractivity (Wildman–Crippen MR) is 113 cm³/mol. The lowest BCUT2D eigenvalue weighted by Crippen LogP contribution is -2.10. The second-order valence-corrected chi connectivity index (χ2v) is 6.31. The van der Waals surface area contributed by atoms with E-state index in [0.29, 0.717) is 36.2 Å². The zero-order chi connectivity index (χ0) is 20.6. The van der Waals surface area contributed by atoms with Crippen LogP contribution in [-0.2, 0) is 11.3 Å². The van der Waals surface area contributed by atoms with Crippen LogP contribution in [-0.4, -0.2) is 29.7 Å². The Kier molecular flexibility index (Phi) is 6.63. The average Bonchev–Trinajstić information content (AvgIpc) is 2.73. The lowest BCUT2D eigenvalue weighted by Gasteiger charge is -2.12. The van der Waals surface area contributed by atoms with Gasteiger partial charge in [-0.2, -0.15) is 4.98 Å². The Bertz CT molecular complexity index is 974. The zero-order valence-electron chi connectivity index (χ0n) is 16.7. The van der Waals surface area contributed by atoms with Crippen molar-refractivity contribution >= 4 is 23.4 Å². The molecule has 3 aromatic rings. The number of aryl methyl sites for hydroxylation is 1. The summed E-state index contributed by atoms with van der Waals surface area (Å²) < 4.78 is 10.3. The van der Waals surface area contributed by atoms with Gasteiger partial charge in [-0.15, -0.1) is 0 Å². The molecular formula is C22H24N4O3. The number of benzene rings is 2. The number of nitrogens with zero attached hydrogens (tertiary/aromatic N) is 2. The summed E-state index contributed by atoms with van der Waals surface area (Å²) in [5, 5.41) is 6.43. The maximum atomic E-state index is 12.2. The highest BCUT2D eigenvalue weighted by atomic mass is 16.5. The first kappa shape index (κ1) is 20.1. The summed E-state index contributed by atoms with van der Waals surface area (Å²) in [5.74, 6) is 1.52. The van der Waals surface area contributed by atoms with E-state index in [2.05, 4.69) is 20.6 Å². The van der Waals surface area contributed by atoms with E-state index < -0.39 is 0 Å². The van der Waals surface area contributed by atoms with E-state index in [0.717, 1.165) is 17.0 Å². The number of hydrogen-bond donors (Lipinski definition) is 2. The third-order valence-corrected chi connectivity index (χ3v) is 4.16. The number of anilines is 3. The van der Waals surface area contributed by atoms with Crippen molar-refractivity contribution in [1.29, 1.82) is 0 Å². The largest absolute Gasteiger partial charge is 0.497 e. The van der Waals surface area contributed by atoms with Crippen LogP contribution in [0, 0.1) is 6.92 Å². The van der Waals surface area contributed by atoms with Gasteiger partial charge >= 0.3 is 5.97 Å². The predicted octanol–water partition coefficient (Wildman–Crippen LogP) is 4.33. The van der Waals surface area contributed by atoms with Crippen molar-refractivity contribution in [2.75, 3.05) is 24.4 Å². The fourth-order valence-corrected chi connectivity index (χ4v) is 2.75. The molecule has 3 rings (SSSR count). The summed E-state index contributed by atoms with van der Waals surface area (Å²) in [5.41, 5.74) is 2.93. The summed E-state index contributed by atoms with van der Waals surface area (Å²) in [4.78, 5) is 21.1. The molecule has 0 fully saturated rings. The van der Waals surface area contributed by atoms with E-state index in [9.17, 15) is 4.79 Å². The molecule has 0 bridgehead atoms. The standard InChI is InChI=1S/C22H24N4O3/c1-4-29-21(27)18-7-5-6-8-19(18)25-22-24-15(2)13-20(26-22)23-14-16-9-11-17(28-3)12-10-16/h5-13H,4,14H2,1-3H3,(H2,23,24,25,26). The van der Waals surface area contributed by atoms with E-state index in [1.165, 1.54) is 0 Å². The molecule has 0 aliphatic heterocycles. The molecule has 0 atom stereocenters. The highest BCUT2D eigenvalue weighted by Gasteiger charge is 2.13. The Morgan fingerprint density at radius 1 is 1.07 bits per heavy atom. The number of nitrogens with one attached hydrogen (secondary N) is 2. The van der Waals surface area contributed by atoms with Gasteiger partial charge in [0.15, 0.2) is 0 Å². The highest BCUT2D eigenvalue weighted by Crippen LogP contribution is 2.21. The Morgan fingerprint density at radius 2 is 1.83 bits per heavy atom. The Hall–Kier alpha value is -3.61. The molecular weight excluding hydrogens is 368 g/mol. The van der Waals surface area contributed by atoms with Gasteiger partial charge < -0.3 is 20.1 Å². The minimum atomic E-state index is -0.388. The molecule has 1 heterocycles. The number of carbonyl (C=O) groups excluding carboxylic acids is 1. The molecule has 2 aromatic carbocycles. The molecule has 0 aliphatic rings. The van der Waals surface area contributed by atoms with Gasteiger partial charge in [-0.3, -0.25) is 0 Å². The van der Waals surface area contributed by atoms with E-state index >= 15 is 0 Å². The van der Waals surface area contributed by atoms with E-state index in [1.807, 2.05) is 43.3 Å². The summed E-state index contributed by atoms with van der Waals surface area (Å²) >= 11 is 0. The molecule has 0 saturated heterocycles. The van der Waals surface area contributed by atoms with E-state index in [1.54, 1.807) is 32.2 Å². The van der Waals surface area contributed by atoms with Crippen LogP contribution in [0.15, 0.2) is 54.6 Å². The molecule has 0 spiro atoms. The van der Waals surface area contributed by atoms with Crippen molar-refractivity contribution in [2.45, 2.75) is 20.4 Å². The lowest BCUT2D eigenvalue weighted by molar-refractivity contribution is 0.0527. The van der Waals surface area contributed by atoms with E-state index in [-0.39, 0.29) is 5.97 Å². The van der Waals surface area contributed by atoms with Gasteiger partial charge in [0, 0.05) is 18.3 Å². The topological polar surface area (TPSA) is 85.4 Å². The molecule has 0 unspecified atom stereocenters. The van der Waals surface area contributed by atoms with Crippen molar-refractivity contribution in [3.05, 3.63) is 71.4 Å². The second kappa shape index (κ2) is 9.54. The number of methoxy groups -OCH3 is 1. The number of para-hydroxylation sites is 1. The van der Waals surface area contributed by atoms with Gasteiger partial charge in [0.05, 0.1) is 25.0 Å². The highest BCUT2D eigenvalue weighted by molar-refractivity contribution is 5.96. The van der Waals surface area contributed by atoms with Gasteiger partial charge in [0.25, 0.3) is 0 Å². The van der Waals surface area contributed by atoms with Crippen LogP contribution < -0.4 is 15.4 Å². The van der Waals surface area contributed by atoms with Crippen molar-refractivity contribution in [3.63, 3.8) is 0 Å². The Balaban J connectivity index is 1.75. The quantitative estimate of drug-likeness (QED) is 0.552. The van der Waals surface area contributed by atoms with Crippen LogP contribution in [0.25, 0.3) is 0 Å². The first-order valence-corrected chi connectivity index (χ1v) is 9.34. The summed E-state index contributed by atoms with van der Waals surface area (Å²) in [6.07, 6.45) is 0. The second-order valence-electron chi connectivity index (χ2n) is 6.31. The Morgan fingerprint density at radius 3 is 2.55 bits per heavy atom. The average molecular weight is 392 g/mol. The first-order chi connectivity index (χ1) is 14.1. The fraction of sp³-hybridized carbons (Fsp3) is 0.227. The molecule has 0 aliphatic carbocycles. The van der Waals surface area contributed by atoms with Gasteiger partial charge in [-0.05, 0) is 43.7 Å². The van der Waals surface area contributed by atoms with Crippen LogP contribution in [0.3, 0.4) is 0 Å². The first-order valence-electron chi connectivity index (χ1n) is 9.34. The number of carbonyl (C=O) groups is 1. The van der Waals surface area contributed by atoms with Crippen molar-refractivity contribution < 1.29 is 14.3 Å². The number of ether oxygens (including phenoxy) is 2. The summed E-state index contributed by atoms with van der Waals surface area (Å²) in [6, 6.07) is 16.8. The maximum absolute atomic E-state index is 12.2. The van der Waals surface area contributed by atoms with Crippen LogP contribution in [0.2, 0.25) is 0 Å². The van der Waals surface area contributed by atoms with E-state index in [4.69, 9.17) is 9.47 Å². The molecule has 0 radical (unpaired) electrons. The molecule has 7 heteroatoms. The molecule has 0 saturated carbocycles. The molecule has 2 N–H and O–H groups in total. The van der Waals surface area contributed by atoms with Gasteiger partial charge in [0.2, 0.25) is 5.95 Å². The minimum absolute atomic E-state index is 0.313.